The lowest BCUT2D eigenvalue weighted by atomic mass is 10.1. The first-order valence-corrected chi connectivity index (χ1v) is 13.7. The van der Waals surface area contributed by atoms with Crippen LogP contribution in [0, 0.1) is 0 Å². The molecular weight excluding hydrogens is 417 g/mol. The third-order valence-corrected chi connectivity index (χ3v) is 6.96. The molecule has 0 aliphatic rings. The molecule has 1 N–H and O–H groups in total. The van der Waals surface area contributed by atoms with Gasteiger partial charge in [0.05, 0.1) is 12.3 Å². The van der Waals surface area contributed by atoms with Crippen LogP contribution in [0.4, 0.5) is 5.69 Å². The Balaban J connectivity index is 1.59. The highest BCUT2D eigenvalue weighted by Crippen LogP contribution is 2.34. The van der Waals surface area contributed by atoms with E-state index in [2.05, 4.69) is 12.0 Å². The molecule has 0 spiro atoms. The van der Waals surface area contributed by atoms with Crippen LogP contribution in [0.5, 0.6) is 11.5 Å². The van der Waals surface area contributed by atoms with E-state index >= 15 is 0 Å². The first kappa shape index (κ1) is 26.2. The van der Waals surface area contributed by atoms with Crippen molar-refractivity contribution in [3.8, 4) is 11.5 Å². The van der Waals surface area contributed by atoms with Gasteiger partial charge < -0.3 is 9.47 Å². The van der Waals surface area contributed by atoms with Gasteiger partial charge in [-0.25, -0.2) is 0 Å². The van der Waals surface area contributed by atoms with Crippen molar-refractivity contribution in [3.05, 3.63) is 54.6 Å². The van der Waals surface area contributed by atoms with Crippen molar-refractivity contribution in [2.24, 2.45) is 0 Å². The molecule has 2 aromatic rings. The van der Waals surface area contributed by atoms with Crippen molar-refractivity contribution in [1.82, 2.24) is 0 Å². The van der Waals surface area contributed by atoms with Crippen LogP contribution < -0.4 is 14.6 Å². The van der Waals surface area contributed by atoms with E-state index in [9.17, 15) is 4.57 Å². The summed E-state index contributed by atoms with van der Waals surface area (Å²) in [6.07, 6.45) is 13.9. The van der Waals surface area contributed by atoms with E-state index in [0.29, 0.717) is 6.42 Å². The quantitative estimate of drug-likeness (QED) is 0.179. The van der Waals surface area contributed by atoms with Crippen LogP contribution in [-0.2, 0) is 4.57 Å². The molecule has 2 unspecified atom stereocenters. The van der Waals surface area contributed by atoms with Gasteiger partial charge in [0.25, 0.3) is 0 Å². The number of hydrogen-bond donors (Lipinski definition) is 1. The van der Waals surface area contributed by atoms with Crippen LogP contribution in [0.3, 0.4) is 0 Å². The number of unbranched alkanes of at least 4 members (excludes halogenated alkanes) is 9. The SMILES string of the molecule is CCCCCCCCCCCCOc1ccc(N[P+](=O)C(CC)Oc2ccccc2)cc1. The van der Waals surface area contributed by atoms with Crippen molar-refractivity contribution in [3.63, 3.8) is 0 Å². The van der Waals surface area contributed by atoms with Crippen LogP contribution in [0.15, 0.2) is 54.6 Å². The minimum absolute atomic E-state index is 0.375. The molecule has 0 saturated carbocycles. The molecule has 0 aliphatic carbocycles. The fraction of sp³-hybridized carbons (Fsp3) is 0.556. The fourth-order valence-corrected chi connectivity index (χ4v) is 4.65. The summed E-state index contributed by atoms with van der Waals surface area (Å²) >= 11 is 0. The number of para-hydroxylation sites is 1. The van der Waals surface area contributed by atoms with Crippen LogP contribution in [0.1, 0.15) is 84.5 Å². The molecule has 2 atom stereocenters. The van der Waals surface area contributed by atoms with Gasteiger partial charge in [-0.3, -0.25) is 0 Å². The largest absolute Gasteiger partial charge is 0.504 e. The maximum absolute atomic E-state index is 12.7. The van der Waals surface area contributed by atoms with Crippen molar-refractivity contribution in [1.29, 1.82) is 0 Å². The maximum atomic E-state index is 12.7. The molecule has 32 heavy (non-hydrogen) atoms. The predicted molar refractivity (Wildman–Crippen MR) is 136 cm³/mol. The first-order chi connectivity index (χ1) is 15.7. The molecule has 0 amide bonds. The van der Waals surface area contributed by atoms with Gasteiger partial charge in [0.1, 0.15) is 11.5 Å². The second-order valence-corrected chi connectivity index (χ2v) is 9.74. The third-order valence-electron chi connectivity index (χ3n) is 5.49. The van der Waals surface area contributed by atoms with E-state index in [4.69, 9.17) is 9.47 Å². The molecule has 0 bridgehead atoms. The van der Waals surface area contributed by atoms with Crippen molar-refractivity contribution >= 4 is 13.6 Å². The Morgan fingerprint density at radius 1 is 0.750 bits per heavy atom. The molecule has 0 aliphatic heterocycles. The molecule has 0 saturated heterocycles. The lowest BCUT2D eigenvalue weighted by Crippen LogP contribution is -2.13. The summed E-state index contributed by atoms with van der Waals surface area (Å²) in [6.45, 7) is 4.99. The standard InChI is InChI=1S/C27H41NO3P/c1-3-5-6-7-8-9-10-11-12-16-23-30-25-21-19-24(20-22-25)28-32(29)27(4-2)31-26-17-14-13-15-18-26/h13-15,17-22,27H,3-12,16,23H2,1-2H3,(H,28,29)/q+1. The lowest BCUT2D eigenvalue weighted by molar-refractivity contribution is 0.273. The highest BCUT2D eigenvalue weighted by atomic mass is 31.1. The van der Waals surface area contributed by atoms with E-state index in [1.54, 1.807) is 0 Å². The van der Waals surface area contributed by atoms with E-state index in [1.807, 2.05) is 61.5 Å². The molecule has 4 nitrogen and oxygen atoms in total. The van der Waals surface area contributed by atoms with Gasteiger partial charge in [-0.1, -0.05) is 89.8 Å². The highest BCUT2D eigenvalue weighted by molar-refractivity contribution is 7.47. The zero-order chi connectivity index (χ0) is 22.9. The number of ether oxygens (including phenoxy) is 2. The summed E-state index contributed by atoms with van der Waals surface area (Å²) in [5, 5.41) is 3.08. The number of rotatable bonds is 18. The van der Waals surface area contributed by atoms with Crippen LogP contribution in [0.25, 0.3) is 0 Å². The van der Waals surface area contributed by atoms with Gasteiger partial charge in [-0.15, -0.1) is 0 Å². The summed E-state index contributed by atoms with van der Waals surface area (Å²) in [4.78, 5) is 0. The predicted octanol–water partition coefficient (Wildman–Crippen LogP) is 8.96. The Hall–Kier alpha value is -2.06. The Labute approximate surface area is 196 Å². The molecule has 0 heterocycles. The van der Waals surface area contributed by atoms with Gasteiger partial charge in [0.15, 0.2) is 0 Å². The smallest absolute Gasteiger partial charge is 0.494 e. The summed E-state index contributed by atoms with van der Waals surface area (Å²) in [6, 6.07) is 17.2. The van der Waals surface area contributed by atoms with Crippen LogP contribution in [-0.4, -0.2) is 12.5 Å². The third kappa shape index (κ3) is 11.0. The van der Waals surface area contributed by atoms with E-state index in [-0.39, 0.29) is 5.85 Å². The zero-order valence-electron chi connectivity index (χ0n) is 19.9. The number of benzene rings is 2. The summed E-state index contributed by atoms with van der Waals surface area (Å²) < 4.78 is 24.4. The average Bonchev–Trinajstić information content (AvgIpc) is 2.82. The topological polar surface area (TPSA) is 47.6 Å². The number of nitrogens with one attached hydrogen (secondary N) is 1. The van der Waals surface area contributed by atoms with Gasteiger partial charge in [-0.05, 0) is 47.4 Å². The number of anilines is 1. The van der Waals surface area contributed by atoms with Crippen molar-refractivity contribution in [2.75, 3.05) is 11.7 Å². The molecule has 0 fully saturated rings. The van der Waals surface area contributed by atoms with Gasteiger partial charge >= 0.3 is 13.8 Å². The fourth-order valence-electron chi connectivity index (χ4n) is 3.56. The molecule has 0 radical (unpaired) electrons. The minimum atomic E-state index is -1.74. The van der Waals surface area contributed by atoms with Crippen molar-refractivity contribution in [2.45, 2.75) is 90.3 Å². The summed E-state index contributed by atoms with van der Waals surface area (Å²) in [5.41, 5.74) is 0.813. The Morgan fingerprint density at radius 3 is 1.94 bits per heavy atom. The highest BCUT2D eigenvalue weighted by Gasteiger charge is 2.31. The molecule has 2 rings (SSSR count). The molecule has 0 aromatic heterocycles. The maximum Gasteiger partial charge on any atom is 0.504 e. The van der Waals surface area contributed by atoms with Crippen molar-refractivity contribution < 1.29 is 14.0 Å². The van der Waals surface area contributed by atoms with Crippen LogP contribution in [0.2, 0.25) is 0 Å². The number of hydrogen-bond acceptors (Lipinski definition) is 3. The van der Waals surface area contributed by atoms with E-state index in [1.165, 1.54) is 57.8 Å². The first-order valence-electron chi connectivity index (χ1n) is 12.4. The molecular formula is C27H41NO3P+. The summed E-state index contributed by atoms with van der Waals surface area (Å²) in [7, 11) is -1.74. The second-order valence-electron chi connectivity index (χ2n) is 8.29. The van der Waals surface area contributed by atoms with Gasteiger partial charge in [-0.2, -0.15) is 5.09 Å². The molecule has 176 valence electrons. The Bertz CT molecular complexity index is 736. The van der Waals surface area contributed by atoms with Gasteiger partial charge in [0, 0.05) is 6.42 Å². The molecule has 2 aromatic carbocycles. The second kappa shape index (κ2) is 16.6. The zero-order valence-corrected chi connectivity index (χ0v) is 20.8. The van der Waals surface area contributed by atoms with E-state index < -0.39 is 7.95 Å². The normalized spacial score (nSPS) is 12.2. The van der Waals surface area contributed by atoms with E-state index in [0.717, 1.165) is 30.2 Å². The van der Waals surface area contributed by atoms with Gasteiger partial charge in [0.2, 0.25) is 0 Å². The Kier molecular flexibility index (Phi) is 13.6. The van der Waals surface area contributed by atoms with Crippen LogP contribution >= 0.6 is 7.95 Å². The minimum Gasteiger partial charge on any atom is -0.494 e. The summed E-state index contributed by atoms with van der Waals surface area (Å²) in [5.74, 6) is 1.22. The monoisotopic (exact) mass is 458 g/mol. The Morgan fingerprint density at radius 2 is 1.34 bits per heavy atom. The average molecular weight is 459 g/mol. The molecule has 5 heteroatoms. The lowest BCUT2D eigenvalue weighted by Gasteiger charge is -2.09.